The van der Waals surface area contributed by atoms with Crippen molar-refractivity contribution >= 4 is 35.1 Å². The first kappa shape index (κ1) is 18.1. The molecule has 0 saturated carbocycles. The first-order chi connectivity index (χ1) is 12.2. The number of hydrogen-bond acceptors (Lipinski definition) is 5. The van der Waals surface area contributed by atoms with Crippen molar-refractivity contribution in [3.05, 3.63) is 64.1 Å². The molecule has 5 nitrogen and oxygen atoms in total. The zero-order valence-corrected chi connectivity index (χ0v) is 15.6. The van der Waals surface area contributed by atoms with Crippen LogP contribution in [0.3, 0.4) is 0 Å². The fourth-order valence-electron chi connectivity index (χ4n) is 2.52. The predicted octanol–water partition coefficient (Wildman–Crippen LogP) is 3.23. The van der Waals surface area contributed by atoms with Crippen LogP contribution in [0.15, 0.2) is 47.4 Å². The highest BCUT2D eigenvalue weighted by Gasteiger charge is 2.18. The summed E-state index contributed by atoms with van der Waals surface area (Å²) in [7, 11) is 1.59. The van der Waals surface area contributed by atoms with E-state index in [1.54, 1.807) is 19.4 Å². The van der Waals surface area contributed by atoms with Crippen molar-refractivity contribution in [1.29, 1.82) is 0 Å². The van der Waals surface area contributed by atoms with E-state index >= 15 is 0 Å². The second-order valence-corrected chi connectivity index (χ2v) is 8.32. The molecule has 132 valence electrons. The van der Waals surface area contributed by atoms with Gasteiger partial charge in [0.1, 0.15) is 0 Å². The predicted molar refractivity (Wildman–Crippen MR) is 105 cm³/mol. The van der Waals surface area contributed by atoms with Crippen LogP contribution in [0, 0.1) is 0 Å². The molecule has 1 aromatic carbocycles. The number of methoxy groups -OCH3 is 1. The zero-order valence-electron chi connectivity index (χ0n) is 13.9. The Balaban J connectivity index is 1.68. The highest BCUT2D eigenvalue weighted by atomic mass is 32.2. The fourth-order valence-corrected chi connectivity index (χ4v) is 5.37. The fraction of sp³-hybridized carbons (Fsp3) is 0.333. The van der Waals surface area contributed by atoms with Gasteiger partial charge in [0.25, 0.3) is 11.5 Å². The second kappa shape index (κ2) is 8.60. The molecule has 1 amide bonds. The van der Waals surface area contributed by atoms with Crippen LogP contribution in [0.1, 0.15) is 20.5 Å². The van der Waals surface area contributed by atoms with Gasteiger partial charge in [-0.15, -0.1) is 23.5 Å². The molecule has 2 heterocycles. The standard InChI is InChI=1S/C18H20N2O3S2/c1-23-9-8-20-12-15(6-7-16(20)21)19-17(22)13-2-4-14(5-3-13)18-24-10-11-25-18/h2-7,12,18H,8-11H2,1H3,(H,19,22). The lowest BCUT2D eigenvalue weighted by molar-refractivity contribution is 0.102. The van der Waals surface area contributed by atoms with Gasteiger partial charge in [-0.2, -0.15) is 0 Å². The third-order valence-electron chi connectivity index (χ3n) is 3.84. The van der Waals surface area contributed by atoms with Gasteiger partial charge in [0.2, 0.25) is 0 Å². The summed E-state index contributed by atoms with van der Waals surface area (Å²) in [6, 6.07) is 10.8. The Labute approximate surface area is 155 Å². The van der Waals surface area contributed by atoms with E-state index < -0.39 is 0 Å². The maximum absolute atomic E-state index is 12.4. The van der Waals surface area contributed by atoms with Crippen LogP contribution in [0.2, 0.25) is 0 Å². The lowest BCUT2D eigenvalue weighted by Crippen LogP contribution is -2.22. The van der Waals surface area contributed by atoms with Crippen molar-refractivity contribution in [2.75, 3.05) is 30.5 Å². The van der Waals surface area contributed by atoms with Gasteiger partial charge < -0.3 is 14.6 Å². The highest BCUT2D eigenvalue weighted by molar-refractivity contribution is 8.19. The molecule has 1 aliphatic rings. The molecule has 1 saturated heterocycles. The van der Waals surface area contributed by atoms with E-state index in [-0.39, 0.29) is 11.5 Å². The van der Waals surface area contributed by atoms with Gasteiger partial charge >= 0.3 is 0 Å². The largest absolute Gasteiger partial charge is 0.383 e. The molecule has 0 aliphatic carbocycles. The van der Waals surface area contributed by atoms with Crippen LogP contribution in [0.5, 0.6) is 0 Å². The smallest absolute Gasteiger partial charge is 0.255 e. The zero-order chi connectivity index (χ0) is 17.6. The van der Waals surface area contributed by atoms with Crippen molar-refractivity contribution in [3.8, 4) is 0 Å². The molecule has 1 fully saturated rings. The normalized spacial score (nSPS) is 14.6. The molecule has 3 rings (SSSR count). The number of nitrogens with one attached hydrogen (secondary N) is 1. The number of thioether (sulfide) groups is 2. The summed E-state index contributed by atoms with van der Waals surface area (Å²) in [6.07, 6.45) is 1.64. The Bertz CT molecular complexity index is 784. The summed E-state index contributed by atoms with van der Waals surface area (Å²) in [4.78, 5) is 24.2. The van der Waals surface area contributed by atoms with E-state index in [0.717, 1.165) is 0 Å². The maximum Gasteiger partial charge on any atom is 0.255 e. The van der Waals surface area contributed by atoms with Crippen molar-refractivity contribution in [2.45, 2.75) is 11.1 Å². The molecular weight excluding hydrogens is 356 g/mol. The number of carbonyl (C=O) groups is 1. The van der Waals surface area contributed by atoms with E-state index in [1.165, 1.54) is 27.7 Å². The number of nitrogens with zero attached hydrogens (tertiary/aromatic N) is 1. The average Bonchev–Trinajstić information content (AvgIpc) is 3.17. The molecule has 25 heavy (non-hydrogen) atoms. The minimum atomic E-state index is -0.185. The van der Waals surface area contributed by atoms with Crippen LogP contribution >= 0.6 is 23.5 Å². The minimum absolute atomic E-state index is 0.119. The van der Waals surface area contributed by atoms with Crippen molar-refractivity contribution in [3.63, 3.8) is 0 Å². The number of carbonyl (C=O) groups excluding carboxylic acids is 1. The summed E-state index contributed by atoms with van der Waals surface area (Å²) in [6.45, 7) is 0.889. The first-order valence-electron chi connectivity index (χ1n) is 8.01. The van der Waals surface area contributed by atoms with E-state index in [1.807, 2.05) is 47.8 Å². The first-order valence-corrected chi connectivity index (χ1v) is 10.1. The maximum atomic E-state index is 12.4. The van der Waals surface area contributed by atoms with Crippen LogP contribution in [-0.2, 0) is 11.3 Å². The molecule has 0 atom stereocenters. The number of benzene rings is 1. The minimum Gasteiger partial charge on any atom is -0.383 e. The van der Waals surface area contributed by atoms with Gasteiger partial charge in [0.05, 0.1) is 16.9 Å². The van der Waals surface area contributed by atoms with Crippen molar-refractivity contribution in [1.82, 2.24) is 4.57 Å². The van der Waals surface area contributed by atoms with E-state index in [2.05, 4.69) is 5.32 Å². The lowest BCUT2D eigenvalue weighted by atomic mass is 10.1. The van der Waals surface area contributed by atoms with E-state index in [4.69, 9.17) is 4.74 Å². The summed E-state index contributed by atoms with van der Waals surface area (Å²) < 4.78 is 6.99. The summed E-state index contributed by atoms with van der Waals surface area (Å²) in [5.74, 6) is 2.17. The van der Waals surface area contributed by atoms with Gasteiger partial charge in [-0.25, -0.2) is 0 Å². The summed E-state index contributed by atoms with van der Waals surface area (Å²) in [5.41, 5.74) is 2.32. The number of amides is 1. The van der Waals surface area contributed by atoms with E-state index in [9.17, 15) is 9.59 Å². The van der Waals surface area contributed by atoms with Crippen LogP contribution in [-0.4, -0.2) is 35.7 Å². The third kappa shape index (κ3) is 4.68. The Hall–Kier alpha value is -1.70. The molecule has 0 unspecified atom stereocenters. The number of ether oxygens (including phenoxy) is 1. The molecule has 0 spiro atoms. The Morgan fingerprint density at radius 1 is 1.20 bits per heavy atom. The Morgan fingerprint density at radius 3 is 2.60 bits per heavy atom. The van der Waals surface area contributed by atoms with Gasteiger partial charge in [-0.3, -0.25) is 9.59 Å². The topological polar surface area (TPSA) is 60.3 Å². The highest BCUT2D eigenvalue weighted by Crippen LogP contribution is 2.45. The number of rotatable bonds is 6. The number of anilines is 1. The molecule has 2 aromatic rings. The molecule has 0 radical (unpaired) electrons. The summed E-state index contributed by atoms with van der Waals surface area (Å²) in [5, 5.41) is 2.84. The number of pyridine rings is 1. The van der Waals surface area contributed by atoms with Crippen LogP contribution < -0.4 is 10.9 Å². The van der Waals surface area contributed by atoms with E-state index in [0.29, 0.717) is 29.0 Å². The lowest BCUT2D eigenvalue weighted by Gasteiger charge is -2.11. The van der Waals surface area contributed by atoms with Gasteiger partial charge in [-0.05, 0) is 23.8 Å². The quantitative estimate of drug-likeness (QED) is 0.839. The Morgan fingerprint density at radius 2 is 1.92 bits per heavy atom. The molecule has 1 N–H and O–H groups in total. The number of aromatic nitrogens is 1. The van der Waals surface area contributed by atoms with Crippen molar-refractivity contribution < 1.29 is 9.53 Å². The SMILES string of the molecule is COCCn1cc(NC(=O)c2ccc(C3SCCS3)cc2)ccc1=O. The monoisotopic (exact) mass is 376 g/mol. The van der Waals surface area contributed by atoms with Crippen molar-refractivity contribution in [2.24, 2.45) is 0 Å². The molecule has 7 heteroatoms. The van der Waals surface area contributed by atoms with Gasteiger partial charge in [0, 0.05) is 43.0 Å². The Kier molecular flexibility index (Phi) is 6.23. The second-order valence-electron chi connectivity index (χ2n) is 5.59. The molecule has 1 aromatic heterocycles. The van der Waals surface area contributed by atoms with Crippen LogP contribution in [0.4, 0.5) is 5.69 Å². The third-order valence-corrected chi connectivity index (χ3v) is 6.95. The van der Waals surface area contributed by atoms with Crippen LogP contribution in [0.25, 0.3) is 0 Å². The van der Waals surface area contributed by atoms with Gasteiger partial charge in [-0.1, -0.05) is 12.1 Å². The number of hydrogen-bond donors (Lipinski definition) is 1. The molecular formula is C18H20N2O3S2. The molecule has 1 aliphatic heterocycles. The average molecular weight is 377 g/mol. The van der Waals surface area contributed by atoms with Gasteiger partial charge in [0.15, 0.2) is 0 Å². The molecule has 0 bridgehead atoms. The summed E-state index contributed by atoms with van der Waals surface area (Å²) >= 11 is 3.88.